The Balaban J connectivity index is 1.02. The van der Waals surface area contributed by atoms with Crippen LogP contribution in [0.2, 0.25) is 0 Å². The fraction of sp³-hybridized carbons (Fsp3) is 0.0656. The molecule has 65 heavy (non-hydrogen) atoms. The van der Waals surface area contributed by atoms with Gasteiger partial charge < -0.3 is 0 Å². The van der Waals surface area contributed by atoms with E-state index in [9.17, 15) is 0 Å². The molecule has 3 nitrogen and oxygen atoms in total. The molecule has 0 bridgehead atoms. The lowest BCUT2D eigenvalue weighted by molar-refractivity contribution is 0.632. The molecule has 3 aromatic heterocycles. The first kappa shape index (κ1) is 41.0. The number of aryl methyl sites for hydroxylation is 4. The lowest BCUT2D eigenvalue weighted by Crippen LogP contribution is -1.99. The van der Waals surface area contributed by atoms with Gasteiger partial charge in [-0.1, -0.05) is 188 Å². The number of halogens is 1. The summed E-state index contributed by atoms with van der Waals surface area (Å²) in [6, 6.07) is 72.4. The van der Waals surface area contributed by atoms with E-state index >= 15 is 4.39 Å². The molecule has 3 heterocycles. The van der Waals surface area contributed by atoms with Crippen LogP contribution in [0.25, 0.3) is 78.3 Å². The van der Waals surface area contributed by atoms with Crippen LogP contribution >= 0.6 is 0 Å². The molecule has 0 radical (unpaired) electrons. The monoisotopic (exact) mass is 839 g/mol. The lowest BCUT2D eigenvalue weighted by atomic mass is 9.87. The molecule has 0 fully saturated rings. The Bertz CT molecular complexity index is 3060. The SMILES string of the molecule is Fc1cc(-c2ccccc2)ccc1-c1cc(-c2ccccc2)ncc1-c1ccccc1-c1cc(CCc2ccc(-c3ccccc3)nc2)cc(CCc2ccc(-c3ccccc3)nc2)c1. The van der Waals surface area contributed by atoms with Crippen molar-refractivity contribution in [2.45, 2.75) is 25.7 Å². The van der Waals surface area contributed by atoms with Gasteiger partial charge in [0.15, 0.2) is 0 Å². The number of aromatic nitrogens is 3. The van der Waals surface area contributed by atoms with Crippen molar-refractivity contribution < 1.29 is 4.39 Å². The summed E-state index contributed by atoms with van der Waals surface area (Å²) in [5.74, 6) is -0.280. The first-order chi connectivity index (χ1) is 32.1. The first-order valence-electron chi connectivity index (χ1n) is 22.3. The van der Waals surface area contributed by atoms with Crippen LogP contribution in [-0.2, 0) is 25.7 Å². The van der Waals surface area contributed by atoms with Gasteiger partial charge in [-0.05, 0) is 106 Å². The van der Waals surface area contributed by atoms with Gasteiger partial charge in [0.25, 0.3) is 0 Å². The molecular formula is C61H46FN3. The minimum atomic E-state index is -0.280. The van der Waals surface area contributed by atoms with Crippen molar-refractivity contribution in [2.75, 3.05) is 0 Å². The van der Waals surface area contributed by atoms with Crippen LogP contribution in [0.1, 0.15) is 22.3 Å². The summed E-state index contributed by atoms with van der Waals surface area (Å²) in [5, 5.41) is 0. The predicted octanol–water partition coefficient (Wildman–Crippen LogP) is 15.3. The summed E-state index contributed by atoms with van der Waals surface area (Å²) >= 11 is 0. The zero-order chi connectivity index (χ0) is 43.8. The Hall–Kier alpha value is -8.08. The zero-order valence-corrected chi connectivity index (χ0v) is 36.0. The van der Waals surface area contributed by atoms with Crippen molar-refractivity contribution in [1.82, 2.24) is 15.0 Å². The molecule has 0 aliphatic carbocycles. The molecule has 0 N–H and O–H groups in total. The van der Waals surface area contributed by atoms with Crippen LogP contribution in [0.3, 0.4) is 0 Å². The Labute approximate surface area is 380 Å². The Kier molecular flexibility index (Phi) is 12.0. The summed E-state index contributed by atoms with van der Waals surface area (Å²) in [5.41, 5.74) is 18.0. The maximum absolute atomic E-state index is 16.6. The van der Waals surface area contributed by atoms with Crippen molar-refractivity contribution in [3.8, 4) is 78.3 Å². The van der Waals surface area contributed by atoms with E-state index in [1.807, 2.05) is 134 Å². The Morgan fingerprint density at radius 3 is 1.23 bits per heavy atom. The molecule has 0 saturated carbocycles. The highest BCUT2D eigenvalue weighted by molar-refractivity contribution is 5.93. The Morgan fingerprint density at radius 1 is 0.262 bits per heavy atom. The fourth-order valence-electron chi connectivity index (χ4n) is 8.66. The van der Waals surface area contributed by atoms with Crippen LogP contribution in [0, 0.1) is 5.82 Å². The highest BCUT2D eigenvalue weighted by Crippen LogP contribution is 2.41. The highest BCUT2D eigenvalue weighted by atomic mass is 19.1. The third-order valence-electron chi connectivity index (χ3n) is 12.1. The van der Waals surface area contributed by atoms with Gasteiger partial charge >= 0.3 is 0 Å². The van der Waals surface area contributed by atoms with Gasteiger partial charge in [-0.25, -0.2) is 4.39 Å². The minimum Gasteiger partial charge on any atom is -0.256 e. The fourth-order valence-corrected chi connectivity index (χ4v) is 8.66. The summed E-state index contributed by atoms with van der Waals surface area (Å²) < 4.78 is 16.6. The van der Waals surface area contributed by atoms with E-state index in [1.54, 1.807) is 6.07 Å². The van der Waals surface area contributed by atoms with E-state index in [1.165, 1.54) is 22.3 Å². The van der Waals surface area contributed by atoms with E-state index in [2.05, 4.69) is 91.0 Å². The standard InChI is InChI=1S/C61H46FN3/c62-58-38-51(47-15-5-1-6-16-47)31-32-55(58)56-39-61(50-21-11-4-12-22-50)65-42-57(56)54-24-14-13-23-53(54)52-36-45(27-25-43-29-33-59(63-40-43)48-17-7-2-8-18-48)35-46(37-52)28-26-44-30-34-60(64-41-44)49-19-9-3-10-20-49/h1-24,29-42H,25-28H2. The van der Waals surface area contributed by atoms with Gasteiger partial charge in [-0.15, -0.1) is 0 Å². The maximum Gasteiger partial charge on any atom is 0.131 e. The van der Waals surface area contributed by atoms with Crippen molar-refractivity contribution in [3.05, 3.63) is 259 Å². The molecule has 0 saturated heterocycles. The molecule has 4 heteroatoms. The third-order valence-corrected chi connectivity index (χ3v) is 12.1. The lowest BCUT2D eigenvalue weighted by Gasteiger charge is -2.18. The van der Waals surface area contributed by atoms with E-state index < -0.39 is 0 Å². The molecule has 0 unspecified atom stereocenters. The number of benzene rings is 7. The number of hydrogen-bond donors (Lipinski definition) is 0. The molecule has 0 spiro atoms. The summed E-state index contributed by atoms with van der Waals surface area (Å²) in [4.78, 5) is 14.7. The van der Waals surface area contributed by atoms with Gasteiger partial charge in [-0.3, -0.25) is 15.0 Å². The van der Waals surface area contributed by atoms with Crippen molar-refractivity contribution >= 4 is 0 Å². The van der Waals surface area contributed by atoms with Crippen molar-refractivity contribution in [2.24, 2.45) is 0 Å². The molecule has 0 aliphatic rings. The smallest absolute Gasteiger partial charge is 0.131 e. The van der Waals surface area contributed by atoms with Crippen LogP contribution in [0.5, 0.6) is 0 Å². The van der Waals surface area contributed by atoms with Crippen LogP contribution in [0.15, 0.2) is 231 Å². The quantitative estimate of drug-likeness (QED) is 0.116. The second kappa shape index (κ2) is 19.1. The maximum atomic E-state index is 16.6. The normalized spacial score (nSPS) is 11.1. The molecule has 312 valence electrons. The van der Waals surface area contributed by atoms with Gasteiger partial charge in [-0.2, -0.15) is 0 Å². The topological polar surface area (TPSA) is 38.7 Å². The molecule has 0 atom stereocenters. The number of pyridine rings is 3. The van der Waals surface area contributed by atoms with Crippen LogP contribution in [0.4, 0.5) is 4.39 Å². The number of nitrogens with zero attached hydrogens (tertiary/aromatic N) is 3. The largest absolute Gasteiger partial charge is 0.256 e. The van der Waals surface area contributed by atoms with E-state index in [4.69, 9.17) is 15.0 Å². The van der Waals surface area contributed by atoms with Gasteiger partial charge in [0.1, 0.15) is 5.82 Å². The second-order valence-corrected chi connectivity index (χ2v) is 16.5. The highest BCUT2D eigenvalue weighted by Gasteiger charge is 2.19. The Morgan fingerprint density at radius 2 is 0.723 bits per heavy atom. The van der Waals surface area contributed by atoms with Gasteiger partial charge in [0.2, 0.25) is 0 Å². The minimum absolute atomic E-state index is 0.280. The first-order valence-corrected chi connectivity index (χ1v) is 22.3. The molecular weight excluding hydrogens is 794 g/mol. The summed E-state index contributed by atoms with van der Waals surface area (Å²) in [6.07, 6.45) is 9.33. The van der Waals surface area contributed by atoms with E-state index in [-0.39, 0.29) is 5.82 Å². The average molecular weight is 840 g/mol. The number of hydrogen-bond acceptors (Lipinski definition) is 3. The van der Waals surface area contributed by atoms with Crippen molar-refractivity contribution in [1.29, 1.82) is 0 Å². The number of rotatable bonds is 13. The second-order valence-electron chi connectivity index (χ2n) is 16.5. The third kappa shape index (κ3) is 9.49. The molecule has 7 aromatic carbocycles. The van der Waals surface area contributed by atoms with E-state index in [0.717, 1.165) is 98.4 Å². The molecule has 10 aromatic rings. The molecule has 10 rings (SSSR count). The molecule has 0 amide bonds. The van der Waals surface area contributed by atoms with E-state index in [0.29, 0.717) is 5.56 Å². The van der Waals surface area contributed by atoms with Crippen molar-refractivity contribution in [3.63, 3.8) is 0 Å². The predicted molar refractivity (Wildman–Crippen MR) is 266 cm³/mol. The zero-order valence-electron chi connectivity index (χ0n) is 36.0. The average Bonchev–Trinajstić information content (AvgIpc) is 3.38. The van der Waals surface area contributed by atoms with Gasteiger partial charge in [0, 0.05) is 46.4 Å². The molecule has 0 aliphatic heterocycles. The summed E-state index contributed by atoms with van der Waals surface area (Å²) in [6.45, 7) is 0. The van der Waals surface area contributed by atoms with Gasteiger partial charge in [0.05, 0.1) is 17.1 Å². The van der Waals surface area contributed by atoms with Crippen LogP contribution in [-0.4, -0.2) is 15.0 Å². The van der Waals surface area contributed by atoms with Crippen LogP contribution < -0.4 is 0 Å². The summed E-state index contributed by atoms with van der Waals surface area (Å²) in [7, 11) is 0.